The molecule has 6 heteroatoms. The molecule has 3 atom stereocenters. The van der Waals surface area contributed by atoms with E-state index in [0.29, 0.717) is 37.1 Å². The van der Waals surface area contributed by atoms with Gasteiger partial charge in [-0.15, -0.1) is 0 Å². The summed E-state index contributed by atoms with van der Waals surface area (Å²) in [4.78, 5) is 12.8. The third kappa shape index (κ3) is 3.45. The van der Waals surface area contributed by atoms with E-state index in [1.54, 1.807) is 0 Å². The third-order valence-electron chi connectivity index (χ3n) is 5.15. The number of esters is 1. The molecule has 0 N–H and O–H groups in total. The molecule has 2 saturated heterocycles. The van der Waals surface area contributed by atoms with E-state index in [1.165, 1.54) is 0 Å². The van der Waals surface area contributed by atoms with E-state index < -0.39 is 5.92 Å². The Hall–Kier alpha value is -2.57. The first kappa shape index (κ1) is 17.5. The second-order valence-electron chi connectivity index (χ2n) is 7.59. The maximum atomic E-state index is 12.8. The van der Waals surface area contributed by atoms with Crippen LogP contribution in [0.15, 0.2) is 30.3 Å². The van der Waals surface area contributed by atoms with Crippen LogP contribution in [-0.2, 0) is 14.3 Å². The van der Waals surface area contributed by atoms with Gasteiger partial charge in [0.15, 0.2) is 0 Å². The summed E-state index contributed by atoms with van der Waals surface area (Å²) in [6.45, 7) is 6.38. The molecular weight excluding hydrogens is 360 g/mol. The van der Waals surface area contributed by atoms with Crippen molar-refractivity contribution in [3.05, 3.63) is 52.6 Å². The Kier molecular flexibility index (Phi) is 4.25. The molecule has 3 aliphatic heterocycles. The summed E-state index contributed by atoms with van der Waals surface area (Å²) in [6, 6.07) is 9.62. The van der Waals surface area contributed by atoms with Gasteiger partial charge in [-0.05, 0) is 37.6 Å². The number of hydrogen-bond acceptors (Lipinski definition) is 6. The zero-order valence-corrected chi connectivity index (χ0v) is 15.9. The van der Waals surface area contributed by atoms with Crippen molar-refractivity contribution >= 4 is 5.97 Å². The fourth-order valence-corrected chi connectivity index (χ4v) is 3.60. The maximum absolute atomic E-state index is 12.8. The molecule has 0 aliphatic carbocycles. The highest BCUT2D eigenvalue weighted by molar-refractivity contribution is 5.91. The lowest BCUT2D eigenvalue weighted by Crippen LogP contribution is -2.15. The first-order chi connectivity index (χ1) is 13.6. The molecule has 0 bridgehead atoms. The molecule has 3 heterocycles. The minimum absolute atomic E-state index is 0.128. The monoisotopic (exact) mass is 382 g/mol. The number of aryl methyl sites for hydroxylation is 2. The highest BCUT2D eigenvalue weighted by Gasteiger charge is 2.38. The molecule has 3 aliphatic rings. The van der Waals surface area contributed by atoms with Crippen molar-refractivity contribution in [2.24, 2.45) is 0 Å². The van der Waals surface area contributed by atoms with Gasteiger partial charge in [0.25, 0.3) is 0 Å². The van der Waals surface area contributed by atoms with Gasteiger partial charge in [-0.1, -0.05) is 17.7 Å². The largest absolute Gasteiger partial charge is 0.491 e. The van der Waals surface area contributed by atoms with Crippen LogP contribution in [0.2, 0.25) is 0 Å². The number of carbonyl (C=O) groups is 1. The van der Waals surface area contributed by atoms with Gasteiger partial charge in [-0.3, -0.25) is 4.79 Å². The summed E-state index contributed by atoms with van der Waals surface area (Å²) in [5, 5.41) is 0. The molecule has 6 nitrogen and oxygen atoms in total. The van der Waals surface area contributed by atoms with Crippen LogP contribution < -0.4 is 14.2 Å². The number of carbonyl (C=O) groups excluding carboxylic acids is 1. The van der Waals surface area contributed by atoms with Crippen LogP contribution in [-0.4, -0.2) is 44.6 Å². The molecule has 2 fully saturated rings. The molecule has 146 valence electrons. The van der Waals surface area contributed by atoms with Crippen LogP contribution in [0.1, 0.15) is 28.2 Å². The number of epoxide rings is 2. The fraction of sp³-hybridized carbons (Fsp3) is 0.409. The fourth-order valence-electron chi connectivity index (χ4n) is 3.60. The summed E-state index contributed by atoms with van der Waals surface area (Å²) in [7, 11) is 0. The summed E-state index contributed by atoms with van der Waals surface area (Å²) < 4.78 is 27.9. The van der Waals surface area contributed by atoms with Crippen LogP contribution >= 0.6 is 0 Å². The van der Waals surface area contributed by atoms with Crippen molar-refractivity contribution in [1.29, 1.82) is 0 Å². The van der Waals surface area contributed by atoms with Gasteiger partial charge in [-0.2, -0.15) is 0 Å². The Bertz CT molecular complexity index is 929. The van der Waals surface area contributed by atoms with E-state index in [9.17, 15) is 4.79 Å². The standard InChI is InChI=1S/C22H22O6/c1-12-5-13(2)21-18(6-12)20(22(23)28-21)17-7-14(24-8-15-9-25-15)3-4-19(17)27-11-16-10-26-16/h3-7,15-16,20H,8-11H2,1-2H3. The van der Waals surface area contributed by atoms with E-state index in [0.717, 1.165) is 28.9 Å². The van der Waals surface area contributed by atoms with Crippen molar-refractivity contribution in [3.8, 4) is 17.2 Å². The Morgan fingerprint density at radius 3 is 2.39 bits per heavy atom. The average molecular weight is 382 g/mol. The minimum Gasteiger partial charge on any atom is -0.491 e. The van der Waals surface area contributed by atoms with Crippen LogP contribution in [0.5, 0.6) is 17.2 Å². The lowest BCUT2D eigenvalue weighted by atomic mass is 9.89. The van der Waals surface area contributed by atoms with Gasteiger partial charge in [-0.25, -0.2) is 0 Å². The highest BCUT2D eigenvalue weighted by atomic mass is 16.6. The second-order valence-corrected chi connectivity index (χ2v) is 7.59. The molecule has 2 aromatic rings. The van der Waals surface area contributed by atoms with E-state index in [-0.39, 0.29) is 18.2 Å². The van der Waals surface area contributed by atoms with Gasteiger partial charge >= 0.3 is 5.97 Å². The van der Waals surface area contributed by atoms with Gasteiger partial charge in [0.2, 0.25) is 0 Å². The first-order valence-corrected chi connectivity index (χ1v) is 9.54. The number of fused-ring (bicyclic) bond motifs is 1. The topological polar surface area (TPSA) is 69.8 Å². The van der Waals surface area contributed by atoms with Crippen LogP contribution in [0.3, 0.4) is 0 Å². The summed E-state index contributed by atoms with van der Waals surface area (Å²) >= 11 is 0. The lowest BCUT2D eigenvalue weighted by Gasteiger charge is -2.17. The minimum atomic E-state index is -0.538. The smallest absolute Gasteiger partial charge is 0.323 e. The van der Waals surface area contributed by atoms with Crippen molar-refractivity contribution in [2.75, 3.05) is 26.4 Å². The molecular formula is C22H22O6. The molecule has 28 heavy (non-hydrogen) atoms. The molecule has 0 amide bonds. The van der Waals surface area contributed by atoms with Gasteiger partial charge in [0, 0.05) is 11.1 Å². The van der Waals surface area contributed by atoms with Crippen LogP contribution in [0.4, 0.5) is 0 Å². The summed E-state index contributed by atoms with van der Waals surface area (Å²) in [5.41, 5.74) is 3.67. The summed E-state index contributed by atoms with van der Waals surface area (Å²) in [5.74, 6) is 1.16. The normalized spacial score (nSPS) is 24.5. The highest BCUT2D eigenvalue weighted by Crippen LogP contribution is 2.45. The lowest BCUT2D eigenvalue weighted by molar-refractivity contribution is -0.133. The van der Waals surface area contributed by atoms with Gasteiger partial charge in [0.05, 0.1) is 13.2 Å². The molecule has 0 saturated carbocycles. The number of benzene rings is 2. The second kappa shape index (κ2) is 6.79. The Balaban J connectivity index is 1.52. The number of ether oxygens (including phenoxy) is 5. The quantitative estimate of drug-likeness (QED) is 0.417. The Labute approximate surface area is 163 Å². The van der Waals surface area contributed by atoms with E-state index >= 15 is 0 Å². The molecule has 2 aromatic carbocycles. The van der Waals surface area contributed by atoms with Gasteiger partial charge in [0.1, 0.15) is 48.6 Å². The Morgan fingerprint density at radius 1 is 0.964 bits per heavy atom. The maximum Gasteiger partial charge on any atom is 0.323 e. The molecule has 0 aromatic heterocycles. The van der Waals surface area contributed by atoms with Crippen LogP contribution in [0, 0.1) is 13.8 Å². The third-order valence-corrected chi connectivity index (χ3v) is 5.15. The van der Waals surface area contributed by atoms with Crippen molar-refractivity contribution in [2.45, 2.75) is 32.0 Å². The first-order valence-electron chi connectivity index (χ1n) is 9.54. The van der Waals surface area contributed by atoms with Crippen molar-refractivity contribution < 1.29 is 28.5 Å². The van der Waals surface area contributed by atoms with E-state index in [4.69, 9.17) is 23.7 Å². The van der Waals surface area contributed by atoms with E-state index in [2.05, 4.69) is 0 Å². The molecule has 0 spiro atoms. The van der Waals surface area contributed by atoms with Crippen LogP contribution in [0.25, 0.3) is 0 Å². The molecule has 0 radical (unpaired) electrons. The zero-order valence-electron chi connectivity index (χ0n) is 15.9. The number of hydrogen-bond donors (Lipinski definition) is 0. The van der Waals surface area contributed by atoms with Crippen molar-refractivity contribution in [3.63, 3.8) is 0 Å². The molecule has 3 unspecified atom stereocenters. The number of rotatable bonds is 7. The summed E-state index contributed by atoms with van der Waals surface area (Å²) in [6.07, 6.45) is 0.289. The average Bonchev–Trinajstić information content (AvgIpc) is 3.58. The Morgan fingerprint density at radius 2 is 1.68 bits per heavy atom. The predicted octanol–water partition coefficient (Wildman–Crippen LogP) is 2.91. The van der Waals surface area contributed by atoms with Crippen molar-refractivity contribution in [1.82, 2.24) is 0 Å². The predicted molar refractivity (Wildman–Crippen MR) is 100 cm³/mol. The SMILES string of the molecule is Cc1cc(C)c2c(c1)C(c1cc(OCC3CO3)ccc1OCC1CO1)C(=O)O2. The zero-order chi connectivity index (χ0) is 19.3. The van der Waals surface area contributed by atoms with E-state index in [1.807, 2.05) is 44.2 Å². The van der Waals surface area contributed by atoms with Gasteiger partial charge < -0.3 is 23.7 Å². The molecule has 5 rings (SSSR count).